The molecule has 2 aromatic carbocycles. The molecular weight excluding hydrogens is 290 g/mol. The third-order valence-electron chi connectivity index (χ3n) is 3.18. The van der Waals surface area contributed by atoms with Crippen molar-refractivity contribution in [2.45, 2.75) is 0 Å². The van der Waals surface area contributed by atoms with Gasteiger partial charge in [0.2, 0.25) is 0 Å². The van der Waals surface area contributed by atoms with Crippen molar-refractivity contribution >= 4 is 34.1 Å². The molecule has 3 rings (SSSR count). The minimum absolute atomic E-state index is 0.0297. The Morgan fingerprint density at radius 3 is 2.81 bits per heavy atom. The van der Waals surface area contributed by atoms with Gasteiger partial charge in [-0.3, -0.25) is 9.48 Å². The number of phenols is 1. The summed E-state index contributed by atoms with van der Waals surface area (Å²) in [6, 6.07) is 12.0. The summed E-state index contributed by atoms with van der Waals surface area (Å²) in [7, 11) is 1.79. The van der Waals surface area contributed by atoms with Gasteiger partial charge in [-0.1, -0.05) is 29.8 Å². The fourth-order valence-corrected chi connectivity index (χ4v) is 2.34. The second-order valence-corrected chi connectivity index (χ2v) is 5.02. The van der Waals surface area contributed by atoms with E-state index in [9.17, 15) is 9.90 Å². The van der Waals surface area contributed by atoms with Crippen molar-refractivity contribution in [2.75, 3.05) is 5.32 Å². The van der Waals surface area contributed by atoms with E-state index in [4.69, 9.17) is 11.6 Å². The Morgan fingerprint density at radius 1 is 1.29 bits per heavy atom. The van der Waals surface area contributed by atoms with Gasteiger partial charge in [-0.15, -0.1) is 0 Å². The molecule has 1 heterocycles. The molecule has 106 valence electrons. The fraction of sp³-hybridized carbons (Fsp3) is 0.0667. The Balaban J connectivity index is 1.95. The molecule has 1 amide bonds. The Bertz CT molecular complexity index is 842. The monoisotopic (exact) mass is 301 g/mol. The van der Waals surface area contributed by atoms with Crippen molar-refractivity contribution < 1.29 is 9.90 Å². The van der Waals surface area contributed by atoms with Gasteiger partial charge >= 0.3 is 0 Å². The highest BCUT2D eigenvalue weighted by Crippen LogP contribution is 2.26. The van der Waals surface area contributed by atoms with E-state index in [1.54, 1.807) is 17.8 Å². The number of halogens is 1. The topological polar surface area (TPSA) is 67.2 Å². The van der Waals surface area contributed by atoms with Gasteiger partial charge in [0.1, 0.15) is 5.75 Å². The predicted octanol–water partition coefficient (Wildman–Crippen LogP) is 3.18. The van der Waals surface area contributed by atoms with Crippen molar-refractivity contribution in [3.8, 4) is 5.75 Å². The third-order valence-corrected chi connectivity index (χ3v) is 3.48. The normalized spacial score (nSPS) is 10.8. The molecule has 2 N–H and O–H groups in total. The van der Waals surface area contributed by atoms with E-state index in [0.29, 0.717) is 11.4 Å². The first-order valence-electron chi connectivity index (χ1n) is 6.28. The van der Waals surface area contributed by atoms with Crippen LogP contribution in [0.4, 0.5) is 5.69 Å². The van der Waals surface area contributed by atoms with E-state index in [1.165, 1.54) is 12.1 Å². The SMILES string of the molecule is Cn1nc(C(=O)Nc2ccc(O)c(Cl)c2)c2ccccc21. The van der Waals surface area contributed by atoms with E-state index in [2.05, 4.69) is 10.4 Å². The van der Waals surface area contributed by atoms with E-state index < -0.39 is 0 Å². The molecule has 21 heavy (non-hydrogen) atoms. The number of carbonyl (C=O) groups excluding carboxylic acids is 1. The number of para-hydroxylation sites is 1. The second-order valence-electron chi connectivity index (χ2n) is 4.61. The number of benzene rings is 2. The maximum Gasteiger partial charge on any atom is 0.276 e. The molecule has 0 aliphatic carbocycles. The van der Waals surface area contributed by atoms with Gasteiger partial charge in [-0.2, -0.15) is 5.10 Å². The molecule has 0 radical (unpaired) electrons. The number of fused-ring (bicyclic) bond motifs is 1. The zero-order valence-electron chi connectivity index (χ0n) is 11.2. The molecule has 0 bridgehead atoms. The van der Waals surface area contributed by atoms with Gasteiger partial charge < -0.3 is 10.4 Å². The Labute approximate surface area is 125 Å². The number of rotatable bonds is 2. The number of carbonyl (C=O) groups is 1. The van der Waals surface area contributed by atoms with Crippen molar-refractivity contribution in [1.29, 1.82) is 0 Å². The largest absolute Gasteiger partial charge is 0.506 e. The summed E-state index contributed by atoms with van der Waals surface area (Å²) in [5.74, 6) is -0.355. The predicted molar refractivity (Wildman–Crippen MR) is 81.8 cm³/mol. The first-order valence-corrected chi connectivity index (χ1v) is 6.65. The molecular formula is C15H12ClN3O2. The molecule has 0 aliphatic rings. The van der Waals surface area contributed by atoms with Crippen molar-refractivity contribution in [1.82, 2.24) is 9.78 Å². The molecule has 0 saturated carbocycles. The summed E-state index contributed by atoms with van der Waals surface area (Å²) in [6.45, 7) is 0. The average molecular weight is 302 g/mol. The van der Waals surface area contributed by atoms with Crippen LogP contribution in [0.25, 0.3) is 10.9 Å². The third kappa shape index (κ3) is 2.43. The number of aryl methyl sites for hydroxylation is 1. The maximum absolute atomic E-state index is 12.3. The highest BCUT2D eigenvalue weighted by Gasteiger charge is 2.16. The molecule has 0 spiro atoms. The lowest BCUT2D eigenvalue weighted by Gasteiger charge is -2.05. The standard InChI is InChI=1S/C15H12ClN3O2/c1-19-12-5-3-2-4-10(12)14(18-19)15(21)17-9-6-7-13(20)11(16)8-9/h2-8,20H,1H3,(H,17,21). The Hall–Kier alpha value is -2.53. The molecule has 0 unspecified atom stereocenters. The number of amides is 1. The lowest BCUT2D eigenvalue weighted by atomic mass is 10.2. The first kappa shape index (κ1) is 13.5. The number of phenolic OH excluding ortho intramolecular Hbond substituents is 1. The summed E-state index contributed by atoms with van der Waals surface area (Å²) in [4.78, 5) is 12.3. The number of hydrogen-bond acceptors (Lipinski definition) is 3. The quantitative estimate of drug-likeness (QED) is 0.714. The van der Waals surface area contributed by atoms with Crippen LogP contribution in [0.2, 0.25) is 5.02 Å². The van der Waals surface area contributed by atoms with Gasteiger partial charge in [-0.05, 0) is 24.3 Å². The summed E-state index contributed by atoms with van der Waals surface area (Å²) in [6.07, 6.45) is 0. The molecule has 5 nitrogen and oxygen atoms in total. The summed E-state index contributed by atoms with van der Waals surface area (Å²) in [5.41, 5.74) is 1.72. The number of hydrogen-bond donors (Lipinski definition) is 2. The van der Waals surface area contributed by atoms with Gasteiger partial charge in [0.25, 0.3) is 5.91 Å². The van der Waals surface area contributed by atoms with Crippen LogP contribution < -0.4 is 5.32 Å². The number of anilines is 1. The van der Waals surface area contributed by atoms with Crippen LogP contribution in [0.3, 0.4) is 0 Å². The average Bonchev–Trinajstić information content (AvgIpc) is 2.81. The number of aromatic nitrogens is 2. The molecule has 0 saturated heterocycles. The van der Waals surface area contributed by atoms with Crippen molar-refractivity contribution in [3.05, 3.63) is 53.2 Å². The van der Waals surface area contributed by atoms with E-state index in [1.807, 2.05) is 24.3 Å². The fourth-order valence-electron chi connectivity index (χ4n) is 2.16. The minimum atomic E-state index is -0.325. The molecule has 3 aromatic rings. The first-order chi connectivity index (χ1) is 10.1. The van der Waals surface area contributed by atoms with Crippen LogP contribution in [0.15, 0.2) is 42.5 Å². The highest BCUT2D eigenvalue weighted by molar-refractivity contribution is 6.32. The highest BCUT2D eigenvalue weighted by atomic mass is 35.5. The van der Waals surface area contributed by atoms with Crippen LogP contribution in [0.1, 0.15) is 10.5 Å². The zero-order valence-corrected chi connectivity index (χ0v) is 11.9. The molecule has 0 atom stereocenters. The summed E-state index contributed by atoms with van der Waals surface area (Å²) in [5, 5.41) is 17.3. The lowest BCUT2D eigenvalue weighted by molar-refractivity contribution is 0.102. The van der Waals surface area contributed by atoms with E-state index in [-0.39, 0.29) is 16.7 Å². The number of aromatic hydroxyl groups is 1. The van der Waals surface area contributed by atoms with Gasteiger partial charge in [0.15, 0.2) is 5.69 Å². The van der Waals surface area contributed by atoms with Gasteiger partial charge in [0.05, 0.1) is 10.5 Å². The van der Waals surface area contributed by atoms with Crippen LogP contribution >= 0.6 is 11.6 Å². The van der Waals surface area contributed by atoms with Crippen LogP contribution in [-0.4, -0.2) is 20.8 Å². The molecule has 1 aromatic heterocycles. The van der Waals surface area contributed by atoms with Gasteiger partial charge in [-0.25, -0.2) is 0 Å². The van der Waals surface area contributed by atoms with E-state index >= 15 is 0 Å². The summed E-state index contributed by atoms with van der Waals surface area (Å²) < 4.78 is 1.66. The van der Waals surface area contributed by atoms with Crippen LogP contribution in [-0.2, 0) is 7.05 Å². The minimum Gasteiger partial charge on any atom is -0.506 e. The Morgan fingerprint density at radius 2 is 2.05 bits per heavy atom. The maximum atomic E-state index is 12.3. The van der Waals surface area contributed by atoms with Crippen LogP contribution in [0, 0.1) is 0 Å². The molecule has 6 heteroatoms. The van der Waals surface area contributed by atoms with Gasteiger partial charge in [0, 0.05) is 18.1 Å². The van der Waals surface area contributed by atoms with Crippen molar-refractivity contribution in [2.24, 2.45) is 7.05 Å². The lowest BCUT2D eigenvalue weighted by Crippen LogP contribution is -2.13. The second kappa shape index (κ2) is 5.10. The smallest absolute Gasteiger partial charge is 0.276 e. The molecule has 0 aliphatic heterocycles. The summed E-state index contributed by atoms with van der Waals surface area (Å²) >= 11 is 5.82. The number of nitrogens with one attached hydrogen (secondary N) is 1. The zero-order chi connectivity index (χ0) is 15.0. The molecule has 0 fully saturated rings. The van der Waals surface area contributed by atoms with Crippen molar-refractivity contribution in [3.63, 3.8) is 0 Å². The van der Waals surface area contributed by atoms with Crippen LogP contribution in [0.5, 0.6) is 5.75 Å². The Kier molecular flexibility index (Phi) is 3.27. The number of nitrogens with zero attached hydrogens (tertiary/aromatic N) is 2. The van der Waals surface area contributed by atoms with E-state index in [0.717, 1.165) is 10.9 Å².